The summed E-state index contributed by atoms with van der Waals surface area (Å²) >= 11 is 0. The summed E-state index contributed by atoms with van der Waals surface area (Å²) in [6.45, 7) is -0.0674. The molecular weight excluding hydrogens is 328 g/mol. The maximum absolute atomic E-state index is 11.9. The summed E-state index contributed by atoms with van der Waals surface area (Å²) in [6.07, 6.45) is 6.28. The lowest BCUT2D eigenvalue weighted by molar-refractivity contribution is -0.114. The molecular formula is C16H12N4O3S. The number of rotatable bonds is 3. The van der Waals surface area contributed by atoms with Crippen molar-refractivity contribution in [3.8, 4) is 11.1 Å². The Kier molecular flexibility index (Phi) is 3.47. The predicted molar refractivity (Wildman–Crippen MR) is 89.4 cm³/mol. The van der Waals surface area contributed by atoms with Gasteiger partial charge in [0.25, 0.3) is 5.91 Å². The lowest BCUT2D eigenvalue weighted by Crippen LogP contribution is -2.17. The molecule has 2 N–H and O–H groups in total. The van der Waals surface area contributed by atoms with Crippen LogP contribution in [0.1, 0.15) is 5.56 Å². The van der Waals surface area contributed by atoms with E-state index >= 15 is 0 Å². The number of nitrogens with one attached hydrogen (secondary N) is 1. The van der Waals surface area contributed by atoms with Crippen molar-refractivity contribution in [2.75, 3.05) is 0 Å². The molecule has 4 rings (SSSR count). The van der Waals surface area contributed by atoms with Crippen molar-refractivity contribution in [2.24, 2.45) is 0 Å². The molecule has 0 saturated heterocycles. The van der Waals surface area contributed by atoms with E-state index < -0.39 is 16.9 Å². The van der Waals surface area contributed by atoms with Gasteiger partial charge >= 0.3 is 0 Å². The molecule has 3 heterocycles. The summed E-state index contributed by atoms with van der Waals surface area (Å²) < 4.78 is 15.7. The van der Waals surface area contributed by atoms with E-state index in [2.05, 4.69) is 14.8 Å². The molecule has 8 heteroatoms. The molecule has 120 valence electrons. The first kappa shape index (κ1) is 14.7. The van der Waals surface area contributed by atoms with Crippen molar-refractivity contribution >= 4 is 32.8 Å². The highest BCUT2D eigenvalue weighted by atomic mass is 32.2. The van der Waals surface area contributed by atoms with Crippen molar-refractivity contribution in [1.29, 1.82) is 0 Å². The zero-order valence-corrected chi connectivity index (χ0v) is 13.2. The van der Waals surface area contributed by atoms with Crippen LogP contribution in [0.15, 0.2) is 48.9 Å². The van der Waals surface area contributed by atoms with E-state index in [0.717, 1.165) is 27.6 Å². The van der Waals surface area contributed by atoms with Gasteiger partial charge in [0.1, 0.15) is 0 Å². The molecule has 0 aliphatic carbocycles. The highest BCUT2D eigenvalue weighted by Crippen LogP contribution is 2.27. The van der Waals surface area contributed by atoms with Gasteiger partial charge in [-0.15, -0.1) is 0 Å². The summed E-state index contributed by atoms with van der Waals surface area (Å²) in [5.41, 5.74) is 3.30. The van der Waals surface area contributed by atoms with Gasteiger partial charge in [-0.1, -0.05) is 6.07 Å². The molecule has 0 bridgehead atoms. The lowest BCUT2D eigenvalue weighted by atomic mass is 10.0. The van der Waals surface area contributed by atoms with Crippen LogP contribution >= 0.6 is 0 Å². The van der Waals surface area contributed by atoms with Gasteiger partial charge in [-0.2, -0.15) is 5.10 Å². The second kappa shape index (κ2) is 5.66. The first-order valence-corrected chi connectivity index (χ1v) is 8.28. The van der Waals surface area contributed by atoms with Gasteiger partial charge in [0.2, 0.25) is 0 Å². The monoisotopic (exact) mass is 340 g/mol. The number of nitrogens with zero attached hydrogens (tertiary/aromatic N) is 3. The van der Waals surface area contributed by atoms with Crippen molar-refractivity contribution in [2.45, 2.75) is 6.61 Å². The third kappa shape index (κ3) is 2.41. The van der Waals surface area contributed by atoms with E-state index in [0.29, 0.717) is 5.03 Å². The van der Waals surface area contributed by atoms with Crippen molar-refractivity contribution in [3.63, 3.8) is 0 Å². The zero-order valence-electron chi connectivity index (χ0n) is 12.3. The molecule has 1 aliphatic rings. The Hall–Kier alpha value is -2.84. The van der Waals surface area contributed by atoms with Crippen LogP contribution < -0.4 is 4.72 Å². The van der Waals surface area contributed by atoms with E-state index in [9.17, 15) is 14.1 Å². The number of carbonyl (C=O) groups excluding carboxylic acids is 1. The average Bonchev–Trinajstić information content (AvgIpc) is 3.16. The first-order valence-electron chi connectivity index (χ1n) is 7.13. The van der Waals surface area contributed by atoms with Gasteiger partial charge in [0, 0.05) is 29.4 Å². The van der Waals surface area contributed by atoms with Gasteiger partial charge in [0.05, 0.1) is 18.3 Å². The molecule has 1 amide bonds. The minimum absolute atomic E-state index is 0.0674. The van der Waals surface area contributed by atoms with Crippen LogP contribution in [0, 0.1) is 0 Å². The summed E-state index contributed by atoms with van der Waals surface area (Å²) in [5.74, 6) is -0.393. The smallest absolute Gasteiger partial charge is 0.258 e. The van der Waals surface area contributed by atoms with E-state index in [1.807, 2.05) is 24.3 Å². The number of amides is 1. The quantitative estimate of drug-likeness (QED) is 0.746. The Morgan fingerprint density at radius 2 is 2.04 bits per heavy atom. The maximum Gasteiger partial charge on any atom is 0.258 e. The van der Waals surface area contributed by atoms with Crippen LogP contribution in [-0.2, 0) is 22.4 Å². The van der Waals surface area contributed by atoms with Gasteiger partial charge in [-0.05, 0) is 29.3 Å². The number of aliphatic hydroxyl groups excluding tert-OH is 1. The van der Waals surface area contributed by atoms with Gasteiger partial charge in [0.15, 0.2) is 16.0 Å². The fraction of sp³-hybridized carbons (Fsp3) is 0.0625. The van der Waals surface area contributed by atoms with Gasteiger partial charge in [-0.25, -0.2) is 8.89 Å². The van der Waals surface area contributed by atoms with E-state index in [1.165, 1.54) is 10.8 Å². The Bertz CT molecular complexity index is 1030. The lowest BCUT2D eigenvalue weighted by Gasteiger charge is -2.05. The topological polar surface area (TPSA) is 97.1 Å². The van der Waals surface area contributed by atoms with Crippen LogP contribution in [0.4, 0.5) is 0 Å². The number of pyridine rings is 1. The van der Waals surface area contributed by atoms with Gasteiger partial charge in [-0.3, -0.25) is 14.5 Å². The molecule has 0 spiro atoms. The first-order chi connectivity index (χ1) is 11.7. The molecule has 0 radical (unpaired) electrons. The Morgan fingerprint density at radius 1 is 1.17 bits per heavy atom. The number of benzene rings is 1. The number of hydrogen-bond donors (Lipinski definition) is 2. The molecule has 1 unspecified atom stereocenters. The minimum Gasteiger partial charge on any atom is -0.392 e. The second-order valence-electron chi connectivity index (χ2n) is 5.29. The Balaban J connectivity index is 1.79. The van der Waals surface area contributed by atoms with Crippen LogP contribution in [0.3, 0.4) is 0 Å². The number of carbonyl (C=O) groups is 1. The third-order valence-corrected chi connectivity index (χ3v) is 4.78. The van der Waals surface area contributed by atoms with E-state index in [4.69, 9.17) is 0 Å². The molecule has 24 heavy (non-hydrogen) atoms. The number of aromatic nitrogens is 3. The van der Waals surface area contributed by atoms with Crippen molar-refractivity contribution in [3.05, 3.63) is 54.5 Å². The van der Waals surface area contributed by atoms with E-state index in [1.54, 1.807) is 18.6 Å². The largest absolute Gasteiger partial charge is 0.392 e. The van der Waals surface area contributed by atoms with Crippen molar-refractivity contribution in [1.82, 2.24) is 19.5 Å². The van der Waals surface area contributed by atoms with Crippen LogP contribution in [0.25, 0.3) is 27.1 Å². The van der Waals surface area contributed by atoms with Crippen molar-refractivity contribution < 1.29 is 14.1 Å². The fourth-order valence-electron chi connectivity index (χ4n) is 2.60. The van der Waals surface area contributed by atoms with Crippen LogP contribution in [-0.4, -0.2) is 30.0 Å². The molecule has 7 nitrogen and oxygen atoms in total. The Labute approximate surface area is 139 Å². The SMILES string of the molecule is O=C1C=C(n2ncc3cc(-c4cncc(CO)c4)ccc32)S(=O)N1. The fourth-order valence-corrected chi connectivity index (χ4v) is 3.46. The highest BCUT2D eigenvalue weighted by Gasteiger charge is 2.23. The molecule has 1 aromatic carbocycles. The maximum atomic E-state index is 11.9. The number of fused-ring (bicyclic) bond motifs is 1. The summed E-state index contributed by atoms with van der Waals surface area (Å²) in [6, 6.07) is 7.55. The molecule has 3 aromatic rings. The summed E-state index contributed by atoms with van der Waals surface area (Å²) in [7, 11) is -1.60. The Morgan fingerprint density at radius 3 is 2.79 bits per heavy atom. The average molecular weight is 340 g/mol. The predicted octanol–water partition coefficient (Wildman–Crippen LogP) is 1.18. The molecule has 0 saturated carbocycles. The van der Waals surface area contributed by atoms with Gasteiger partial charge < -0.3 is 5.11 Å². The number of hydrogen-bond acceptors (Lipinski definition) is 5. The summed E-state index contributed by atoms with van der Waals surface area (Å²) in [4.78, 5) is 15.5. The highest BCUT2D eigenvalue weighted by molar-refractivity contribution is 7.93. The molecule has 2 aromatic heterocycles. The standard InChI is InChI=1S/C16H12N4O3S/c21-9-10-3-12(7-17-6-10)11-1-2-14-13(4-11)8-18-20(14)16-5-15(22)19-24(16)23/h1-8,21H,9H2,(H,19,22). The normalized spacial score (nSPS) is 17.1. The van der Waals surface area contributed by atoms with E-state index in [-0.39, 0.29) is 6.61 Å². The molecule has 0 fully saturated rings. The van der Waals surface area contributed by atoms with Crippen LogP contribution in [0.2, 0.25) is 0 Å². The third-order valence-electron chi connectivity index (χ3n) is 3.73. The minimum atomic E-state index is -1.60. The molecule has 1 aliphatic heterocycles. The summed E-state index contributed by atoms with van der Waals surface area (Å²) in [5, 5.41) is 14.6. The second-order valence-corrected chi connectivity index (χ2v) is 6.45. The molecule has 1 atom stereocenters. The number of aliphatic hydroxyl groups is 1. The van der Waals surface area contributed by atoms with Crippen LogP contribution in [0.5, 0.6) is 0 Å². The zero-order chi connectivity index (χ0) is 16.7.